The summed E-state index contributed by atoms with van der Waals surface area (Å²) in [5, 5.41) is 0. The fourth-order valence-corrected chi connectivity index (χ4v) is 5.13. The molecule has 2 rings (SSSR count). The molecule has 0 bridgehead atoms. The Bertz CT molecular complexity index is 806. The number of nitrogens with two attached hydrogens (primary N) is 2. The number of hydrogen-bond acceptors (Lipinski definition) is 6. The molecule has 33 heavy (non-hydrogen) atoms. The lowest BCUT2D eigenvalue weighted by Gasteiger charge is -2.27. The summed E-state index contributed by atoms with van der Waals surface area (Å²) in [6, 6.07) is 0. The summed E-state index contributed by atoms with van der Waals surface area (Å²) in [5.41, 5.74) is 16.8. The summed E-state index contributed by atoms with van der Waals surface area (Å²) < 4.78 is 0. The summed E-state index contributed by atoms with van der Waals surface area (Å²) in [4.78, 5) is 27.6. The van der Waals surface area contributed by atoms with Crippen LogP contribution in [0.15, 0.2) is 22.6 Å². The van der Waals surface area contributed by atoms with E-state index in [4.69, 9.17) is 11.5 Å². The maximum Gasteiger partial charge on any atom is 0.190 e. The van der Waals surface area contributed by atoms with Crippen molar-refractivity contribution in [2.75, 3.05) is 51.8 Å². The number of nitrogens with zero attached hydrogens (tertiary/aromatic N) is 6. The summed E-state index contributed by atoms with van der Waals surface area (Å²) >= 11 is 3.70. The zero-order chi connectivity index (χ0) is 24.1. The minimum atomic E-state index is 0.570. The standard InChI is InChI=1S/C21H38N10S2/c1-16-18(28-14-26-16)12-32-10-8-30(20(22)24-3)6-5-7-31(21(23)25-4)9-11-33-13-19-17(2)27-15-29-19/h14-15H,5-13H2,1-4H3,(H2,22,24)(H2,23,25)(H,26,28)(H,27,29). The first-order valence-corrected chi connectivity index (χ1v) is 13.3. The molecule has 0 unspecified atom stereocenters. The van der Waals surface area contributed by atoms with Gasteiger partial charge in [-0.1, -0.05) is 0 Å². The number of aromatic nitrogens is 4. The minimum absolute atomic E-state index is 0.570. The molecule has 2 heterocycles. The van der Waals surface area contributed by atoms with E-state index in [0.29, 0.717) is 11.9 Å². The second-order valence-electron chi connectivity index (χ2n) is 7.54. The Morgan fingerprint density at radius 3 is 1.58 bits per heavy atom. The number of H-pyrrole nitrogens is 2. The summed E-state index contributed by atoms with van der Waals surface area (Å²) in [5.74, 6) is 4.82. The zero-order valence-electron chi connectivity index (χ0n) is 20.2. The smallest absolute Gasteiger partial charge is 0.190 e. The van der Waals surface area contributed by atoms with E-state index in [1.807, 2.05) is 37.4 Å². The van der Waals surface area contributed by atoms with Crippen LogP contribution in [0.4, 0.5) is 0 Å². The molecule has 0 saturated heterocycles. The number of nitrogens with one attached hydrogen (secondary N) is 2. The highest BCUT2D eigenvalue weighted by Crippen LogP contribution is 2.14. The first-order valence-electron chi connectivity index (χ1n) is 11.0. The maximum atomic E-state index is 6.15. The number of aryl methyl sites for hydroxylation is 2. The number of aromatic amines is 2. The van der Waals surface area contributed by atoms with Crippen molar-refractivity contribution in [3.05, 3.63) is 35.4 Å². The predicted molar refractivity (Wildman–Crippen MR) is 142 cm³/mol. The van der Waals surface area contributed by atoms with Crippen molar-refractivity contribution < 1.29 is 0 Å². The normalized spacial score (nSPS) is 12.4. The van der Waals surface area contributed by atoms with Crippen LogP contribution >= 0.6 is 23.5 Å². The Morgan fingerprint density at radius 1 is 0.818 bits per heavy atom. The molecule has 6 N–H and O–H groups in total. The van der Waals surface area contributed by atoms with Crippen molar-refractivity contribution in [1.29, 1.82) is 0 Å². The quantitative estimate of drug-likeness (QED) is 0.177. The molecule has 10 nitrogen and oxygen atoms in total. The Hall–Kier alpha value is -2.34. The largest absolute Gasteiger partial charge is 0.370 e. The van der Waals surface area contributed by atoms with Gasteiger partial charge in [-0.3, -0.25) is 9.98 Å². The van der Waals surface area contributed by atoms with Gasteiger partial charge in [-0.05, 0) is 20.3 Å². The molecule has 0 aromatic carbocycles. The number of aliphatic imine (C=N–C) groups is 2. The zero-order valence-corrected chi connectivity index (χ0v) is 21.8. The topological polar surface area (TPSA) is 141 Å². The second-order valence-corrected chi connectivity index (χ2v) is 9.76. The van der Waals surface area contributed by atoms with Crippen molar-refractivity contribution in [1.82, 2.24) is 29.7 Å². The molecular weight excluding hydrogens is 456 g/mol. The van der Waals surface area contributed by atoms with Gasteiger partial charge in [0.1, 0.15) is 0 Å². The van der Waals surface area contributed by atoms with Crippen LogP contribution in [0.2, 0.25) is 0 Å². The summed E-state index contributed by atoms with van der Waals surface area (Å²) in [6.07, 6.45) is 4.40. The number of guanidine groups is 2. The lowest BCUT2D eigenvalue weighted by molar-refractivity contribution is 0.370. The Labute approximate surface area is 205 Å². The molecule has 2 aromatic heterocycles. The van der Waals surface area contributed by atoms with E-state index in [9.17, 15) is 0 Å². The molecule has 0 aliphatic carbocycles. The van der Waals surface area contributed by atoms with E-state index in [1.54, 1.807) is 26.7 Å². The Balaban J connectivity index is 1.75. The fraction of sp³-hybridized carbons (Fsp3) is 0.619. The molecule has 184 valence electrons. The molecule has 0 amide bonds. The van der Waals surface area contributed by atoms with Crippen molar-refractivity contribution in [3.8, 4) is 0 Å². The van der Waals surface area contributed by atoms with Gasteiger partial charge in [-0.25, -0.2) is 9.97 Å². The van der Waals surface area contributed by atoms with Crippen LogP contribution in [0, 0.1) is 13.8 Å². The van der Waals surface area contributed by atoms with Crippen molar-refractivity contribution in [2.45, 2.75) is 31.8 Å². The molecule has 0 aliphatic rings. The van der Waals surface area contributed by atoms with Crippen LogP contribution in [0.5, 0.6) is 0 Å². The van der Waals surface area contributed by atoms with E-state index in [-0.39, 0.29) is 0 Å². The van der Waals surface area contributed by atoms with Crippen LogP contribution in [-0.2, 0) is 11.5 Å². The third-order valence-electron chi connectivity index (χ3n) is 5.32. The van der Waals surface area contributed by atoms with Gasteiger partial charge in [0.05, 0.1) is 24.0 Å². The van der Waals surface area contributed by atoms with Gasteiger partial charge < -0.3 is 31.2 Å². The van der Waals surface area contributed by atoms with Crippen LogP contribution < -0.4 is 11.5 Å². The first-order chi connectivity index (χ1) is 16.0. The molecule has 0 aliphatic heterocycles. The van der Waals surface area contributed by atoms with Gasteiger partial charge in [0.25, 0.3) is 0 Å². The molecule has 0 spiro atoms. The van der Waals surface area contributed by atoms with Crippen molar-refractivity contribution >= 4 is 35.4 Å². The van der Waals surface area contributed by atoms with Crippen LogP contribution in [0.3, 0.4) is 0 Å². The lowest BCUT2D eigenvalue weighted by Crippen LogP contribution is -2.43. The number of thioether (sulfide) groups is 2. The van der Waals surface area contributed by atoms with Crippen molar-refractivity contribution in [3.63, 3.8) is 0 Å². The molecular formula is C21H38N10S2. The van der Waals surface area contributed by atoms with Crippen molar-refractivity contribution in [2.24, 2.45) is 21.5 Å². The highest BCUT2D eigenvalue weighted by molar-refractivity contribution is 7.98. The maximum absolute atomic E-state index is 6.15. The minimum Gasteiger partial charge on any atom is -0.370 e. The highest BCUT2D eigenvalue weighted by atomic mass is 32.2. The van der Waals surface area contributed by atoms with E-state index in [2.05, 4.69) is 39.7 Å². The fourth-order valence-electron chi connectivity index (χ4n) is 3.17. The summed E-state index contributed by atoms with van der Waals surface area (Å²) in [6.45, 7) is 7.41. The van der Waals surface area contributed by atoms with Crippen LogP contribution in [0.25, 0.3) is 0 Å². The number of imidazole rings is 2. The average molecular weight is 495 g/mol. The first kappa shape index (κ1) is 26.9. The van der Waals surface area contributed by atoms with Gasteiger partial charge in [0.2, 0.25) is 0 Å². The Kier molecular flexibility index (Phi) is 12.0. The molecule has 12 heteroatoms. The monoisotopic (exact) mass is 494 g/mol. The van der Waals surface area contributed by atoms with E-state index in [0.717, 1.165) is 78.4 Å². The van der Waals surface area contributed by atoms with E-state index in [1.165, 1.54) is 0 Å². The number of hydrogen-bond donors (Lipinski definition) is 4. The molecule has 0 radical (unpaired) electrons. The second kappa shape index (κ2) is 14.7. The van der Waals surface area contributed by atoms with Gasteiger partial charge in [0.15, 0.2) is 11.9 Å². The molecule has 0 saturated carbocycles. The van der Waals surface area contributed by atoms with Gasteiger partial charge in [-0.2, -0.15) is 23.5 Å². The third-order valence-corrected chi connectivity index (χ3v) is 7.22. The molecule has 0 fully saturated rings. The predicted octanol–water partition coefficient (Wildman–Crippen LogP) is 1.80. The SMILES string of the molecule is CN=C(N)N(CCCN(CCSCc1nc[nH]c1C)C(N)=NC)CCSCc1nc[nH]c1C. The highest BCUT2D eigenvalue weighted by Gasteiger charge is 2.12. The molecule has 2 aromatic rings. The van der Waals surface area contributed by atoms with Gasteiger partial charge in [0, 0.05) is 74.7 Å². The lowest BCUT2D eigenvalue weighted by atomic mass is 10.3. The molecule has 0 atom stereocenters. The van der Waals surface area contributed by atoms with E-state index < -0.39 is 0 Å². The third kappa shape index (κ3) is 9.20. The Morgan fingerprint density at radius 2 is 1.24 bits per heavy atom. The van der Waals surface area contributed by atoms with E-state index >= 15 is 0 Å². The van der Waals surface area contributed by atoms with Crippen LogP contribution in [-0.4, -0.2) is 93.4 Å². The van der Waals surface area contributed by atoms with Crippen LogP contribution in [0.1, 0.15) is 29.2 Å². The average Bonchev–Trinajstić information content (AvgIpc) is 3.42. The number of rotatable bonds is 14. The summed E-state index contributed by atoms with van der Waals surface area (Å²) in [7, 11) is 3.46. The van der Waals surface area contributed by atoms with Gasteiger partial charge in [-0.15, -0.1) is 0 Å². The van der Waals surface area contributed by atoms with Gasteiger partial charge >= 0.3 is 0 Å².